The van der Waals surface area contributed by atoms with Crippen LogP contribution in [0.5, 0.6) is 0 Å². The molecule has 10 atom stereocenters. The topological polar surface area (TPSA) is 348 Å². The highest BCUT2D eigenvalue weighted by Crippen LogP contribution is 2.54. The molecular weight excluding hydrogens is 730 g/mol. The first kappa shape index (κ1) is 35.9. The van der Waals surface area contributed by atoms with Crippen molar-refractivity contribution in [2.24, 2.45) is 0 Å². The monoisotopic (exact) mass is 762 g/mol. The number of imidazole rings is 2. The summed E-state index contributed by atoms with van der Waals surface area (Å²) in [5, 5.41) is 20.3. The smallest absolute Gasteiger partial charge is 0.394 e. The molecule has 0 amide bonds. The van der Waals surface area contributed by atoms with Gasteiger partial charge in [-0.25, -0.2) is 29.1 Å². The van der Waals surface area contributed by atoms with Gasteiger partial charge in [0.2, 0.25) is 5.95 Å². The second-order valence-corrected chi connectivity index (χ2v) is 14.1. The minimum atomic E-state index is -5.15. The lowest BCUT2D eigenvalue weighted by Crippen LogP contribution is -2.39. The van der Waals surface area contributed by atoms with Crippen LogP contribution in [0, 0.1) is 0 Å². The summed E-state index contributed by atoms with van der Waals surface area (Å²) in [6, 6.07) is 0. The van der Waals surface area contributed by atoms with Crippen molar-refractivity contribution in [3.8, 4) is 0 Å². The normalized spacial score (nSPS) is 34.7. The summed E-state index contributed by atoms with van der Waals surface area (Å²) in [4.78, 5) is 56.9. The molecular formula is C24H32N10O15P2. The van der Waals surface area contributed by atoms with E-state index in [4.69, 9.17) is 53.6 Å². The summed E-state index contributed by atoms with van der Waals surface area (Å²) >= 11 is 0. The first-order valence-corrected chi connectivity index (χ1v) is 18.1. The van der Waals surface area contributed by atoms with Crippen LogP contribution in [0.4, 0.5) is 11.8 Å². The molecule has 51 heavy (non-hydrogen) atoms. The molecule has 3 aliphatic heterocycles. The molecule has 25 nitrogen and oxygen atoms in total. The molecule has 3 fully saturated rings. The predicted molar refractivity (Wildman–Crippen MR) is 165 cm³/mol. The highest BCUT2D eigenvalue weighted by molar-refractivity contribution is 7.47. The summed E-state index contributed by atoms with van der Waals surface area (Å²) in [7, 11) is -10.3. The van der Waals surface area contributed by atoms with Gasteiger partial charge in [-0.2, -0.15) is 4.98 Å². The van der Waals surface area contributed by atoms with Crippen LogP contribution in [-0.2, 0) is 46.2 Å². The standard InChI is InChI=1S/C24H32N10O15P2/c25-18-12-19(28-7-27-18)33(8-29-12)22-14(36)15-10(46-22)5-44-51(40,41)49-17-16(43-4-3-42-2-1-35)11(6-45-50(38,39)48-15)47-23(17)34-9-30-13-20(34)31-24(26)32-21(13)37/h7-11,14-17,22-23,35-36H,1-6H2,(H,38,39)(H,40,41)(H2,25,27,28)(H3,26,31,32,37)/t10-,11-,14?,15+,16?,17+,22-,23-/m1/s1. The van der Waals surface area contributed by atoms with Crippen LogP contribution in [0.1, 0.15) is 12.5 Å². The van der Waals surface area contributed by atoms with E-state index in [0.29, 0.717) is 0 Å². The molecule has 0 radical (unpaired) electrons. The Bertz CT molecular complexity index is 2050. The average molecular weight is 763 g/mol. The Morgan fingerprint density at radius 2 is 1.55 bits per heavy atom. The summed E-state index contributed by atoms with van der Waals surface area (Å²) in [6.45, 7) is -2.08. The number of aliphatic hydroxyl groups excluding tert-OH is 2. The Labute approximate surface area is 284 Å². The van der Waals surface area contributed by atoms with E-state index < -0.39 is 83.5 Å². The van der Waals surface area contributed by atoms with Crippen LogP contribution in [0.15, 0.2) is 23.8 Å². The third-order valence-electron chi connectivity index (χ3n) is 8.07. The lowest BCUT2D eigenvalue weighted by Gasteiger charge is -2.27. The van der Waals surface area contributed by atoms with E-state index >= 15 is 0 Å². The molecule has 7 heterocycles. The average Bonchev–Trinajstić information content (AvgIpc) is 3.84. The number of aromatic amines is 1. The Hall–Kier alpha value is -3.52. The molecule has 0 aromatic carbocycles. The number of aliphatic hydroxyl groups is 2. The number of phosphoric acid groups is 2. The number of hydrogen-bond acceptors (Lipinski definition) is 20. The molecule has 2 bridgehead atoms. The maximum atomic E-state index is 13.6. The number of ether oxygens (including phenoxy) is 4. The number of nitrogens with two attached hydrogens (primary N) is 2. The lowest BCUT2D eigenvalue weighted by molar-refractivity contribution is -0.0733. The zero-order valence-electron chi connectivity index (χ0n) is 26.1. The van der Waals surface area contributed by atoms with Crippen LogP contribution in [0.2, 0.25) is 0 Å². The first-order valence-electron chi connectivity index (χ1n) is 15.1. The van der Waals surface area contributed by atoms with Crippen LogP contribution in [0.3, 0.4) is 0 Å². The zero-order chi connectivity index (χ0) is 36.1. The number of H-pyrrole nitrogens is 1. The predicted octanol–water partition coefficient (Wildman–Crippen LogP) is -2.31. The van der Waals surface area contributed by atoms with Gasteiger partial charge in [-0.1, -0.05) is 0 Å². The molecule has 7 rings (SSSR count). The van der Waals surface area contributed by atoms with Crippen LogP contribution < -0.4 is 17.0 Å². The number of fused-ring (bicyclic) bond motifs is 5. The van der Waals surface area contributed by atoms with Crippen molar-refractivity contribution >= 4 is 49.7 Å². The Morgan fingerprint density at radius 3 is 2.29 bits per heavy atom. The highest BCUT2D eigenvalue weighted by atomic mass is 31.2. The van der Waals surface area contributed by atoms with Crippen LogP contribution in [-0.4, -0.2) is 135 Å². The number of nitrogen functional groups attached to an aromatic ring is 2. The lowest BCUT2D eigenvalue weighted by atomic mass is 10.1. The SMILES string of the molecule is Nc1nc2c(ncn2[C@@H]2O[C@@H]3COP(=O)(O)O[C@@H]4C(O)[C@H](n5cnc6c(N)ncnc65)O[C@@H]4COP(=O)(O)O[C@H]2C3OCCOCCO)c(=O)[nH]1. The van der Waals surface area contributed by atoms with E-state index in [0.717, 1.165) is 12.7 Å². The molecule has 3 saturated heterocycles. The van der Waals surface area contributed by atoms with Gasteiger partial charge in [0.15, 0.2) is 35.1 Å². The third kappa shape index (κ3) is 7.14. The van der Waals surface area contributed by atoms with E-state index in [1.54, 1.807) is 0 Å². The van der Waals surface area contributed by atoms with Gasteiger partial charge in [-0.05, 0) is 0 Å². The van der Waals surface area contributed by atoms with Crippen molar-refractivity contribution in [2.45, 2.75) is 49.1 Å². The summed E-state index contributed by atoms with van der Waals surface area (Å²) < 4.78 is 74.3. The molecule has 4 unspecified atom stereocenters. The van der Waals surface area contributed by atoms with Crippen molar-refractivity contribution < 1.29 is 66.2 Å². The quantitative estimate of drug-likeness (QED) is 0.0732. The van der Waals surface area contributed by atoms with Gasteiger partial charge < -0.3 is 50.4 Å². The maximum Gasteiger partial charge on any atom is 0.472 e. The largest absolute Gasteiger partial charge is 0.472 e. The molecule has 0 saturated carbocycles. The zero-order valence-corrected chi connectivity index (χ0v) is 27.8. The molecule has 9 N–H and O–H groups in total. The van der Waals surface area contributed by atoms with Crippen molar-refractivity contribution in [2.75, 3.05) is 51.1 Å². The Balaban J connectivity index is 1.21. The fraction of sp³-hybridized carbons (Fsp3) is 0.583. The number of hydrogen-bond donors (Lipinski definition) is 7. The second-order valence-electron chi connectivity index (χ2n) is 11.3. The fourth-order valence-corrected chi connectivity index (χ4v) is 7.78. The Kier molecular flexibility index (Phi) is 9.94. The number of aromatic nitrogens is 8. The van der Waals surface area contributed by atoms with Gasteiger partial charge in [0.05, 0.1) is 52.3 Å². The molecule has 0 aliphatic carbocycles. The van der Waals surface area contributed by atoms with Gasteiger partial charge in [0.1, 0.15) is 48.5 Å². The third-order valence-corrected chi connectivity index (χ3v) is 10.0. The molecule has 27 heteroatoms. The van der Waals surface area contributed by atoms with Crippen molar-refractivity contribution in [3.05, 3.63) is 29.3 Å². The first-order chi connectivity index (χ1) is 24.4. The van der Waals surface area contributed by atoms with E-state index in [2.05, 4.69) is 29.9 Å². The number of anilines is 2. The maximum absolute atomic E-state index is 13.6. The summed E-state index contributed by atoms with van der Waals surface area (Å²) in [5.41, 5.74) is 11.0. The molecule has 4 aromatic heterocycles. The molecule has 4 aromatic rings. The molecule has 3 aliphatic rings. The summed E-state index contributed by atoms with van der Waals surface area (Å²) in [5.74, 6) is -0.244. The van der Waals surface area contributed by atoms with Crippen LogP contribution in [0.25, 0.3) is 22.3 Å². The van der Waals surface area contributed by atoms with Gasteiger partial charge in [-0.15, -0.1) is 0 Å². The van der Waals surface area contributed by atoms with Gasteiger partial charge in [0.25, 0.3) is 5.56 Å². The number of phosphoric ester groups is 2. The van der Waals surface area contributed by atoms with E-state index in [1.807, 2.05) is 0 Å². The number of nitrogens with zero attached hydrogens (tertiary/aromatic N) is 7. The number of rotatable bonds is 8. The minimum absolute atomic E-state index is 0.0110. The summed E-state index contributed by atoms with van der Waals surface area (Å²) in [6.07, 6.45) is -8.43. The molecule has 278 valence electrons. The van der Waals surface area contributed by atoms with Gasteiger partial charge >= 0.3 is 15.6 Å². The van der Waals surface area contributed by atoms with E-state index in [1.165, 1.54) is 15.5 Å². The van der Waals surface area contributed by atoms with Gasteiger partial charge in [0, 0.05) is 0 Å². The highest BCUT2D eigenvalue weighted by Gasteiger charge is 2.54. The van der Waals surface area contributed by atoms with Crippen molar-refractivity contribution in [1.82, 2.24) is 39.0 Å². The number of nitrogens with one attached hydrogen (secondary N) is 1. The van der Waals surface area contributed by atoms with Crippen molar-refractivity contribution in [3.63, 3.8) is 0 Å². The van der Waals surface area contributed by atoms with E-state index in [-0.39, 0.29) is 60.5 Å². The molecule has 0 spiro atoms. The van der Waals surface area contributed by atoms with Crippen molar-refractivity contribution in [1.29, 1.82) is 0 Å². The van der Waals surface area contributed by atoms with Crippen LogP contribution >= 0.6 is 15.6 Å². The Morgan fingerprint density at radius 1 is 0.882 bits per heavy atom. The van der Waals surface area contributed by atoms with Gasteiger partial charge in [-0.3, -0.25) is 37.0 Å². The minimum Gasteiger partial charge on any atom is -0.394 e. The van der Waals surface area contributed by atoms with E-state index in [9.17, 15) is 28.8 Å². The second kappa shape index (κ2) is 14.1. The fourth-order valence-electron chi connectivity index (χ4n) is 5.89.